The molecule has 0 spiro atoms. The van der Waals surface area contributed by atoms with E-state index in [2.05, 4.69) is 9.71 Å². The molecule has 112 valence electrons. The standard InChI is InChI=1S/C15H18N2O3S/c1-10-6-5-7-16-15(10)17-21(18,19)14-9-12(3)11(2)8-13(14)20-4/h5-9H,1-4H3,(H,16,17). The Kier molecular flexibility index (Phi) is 4.18. The predicted octanol–water partition coefficient (Wildman–Crippen LogP) is 2.82. The van der Waals surface area contributed by atoms with E-state index < -0.39 is 10.0 Å². The normalized spacial score (nSPS) is 11.2. The first-order valence-corrected chi connectivity index (χ1v) is 7.93. The number of benzene rings is 1. The van der Waals surface area contributed by atoms with Crippen LogP contribution in [-0.2, 0) is 10.0 Å². The second kappa shape index (κ2) is 5.73. The van der Waals surface area contributed by atoms with Gasteiger partial charge in [0.05, 0.1) is 7.11 Å². The number of ether oxygens (including phenoxy) is 1. The molecule has 2 aromatic rings. The van der Waals surface area contributed by atoms with Gasteiger partial charge in [-0.2, -0.15) is 0 Å². The Balaban J connectivity index is 2.50. The molecular weight excluding hydrogens is 288 g/mol. The van der Waals surface area contributed by atoms with Gasteiger partial charge in [0.1, 0.15) is 16.5 Å². The zero-order chi connectivity index (χ0) is 15.6. The van der Waals surface area contributed by atoms with Crippen molar-refractivity contribution in [2.45, 2.75) is 25.7 Å². The Labute approximate surface area is 125 Å². The maximum absolute atomic E-state index is 12.6. The summed E-state index contributed by atoms with van der Waals surface area (Å²) in [6.45, 7) is 5.56. The molecule has 1 aromatic heterocycles. The van der Waals surface area contributed by atoms with E-state index in [1.165, 1.54) is 7.11 Å². The summed E-state index contributed by atoms with van der Waals surface area (Å²) in [5.74, 6) is 0.636. The van der Waals surface area contributed by atoms with Gasteiger partial charge in [0.15, 0.2) is 0 Å². The lowest BCUT2D eigenvalue weighted by Gasteiger charge is -2.14. The van der Waals surface area contributed by atoms with Crippen molar-refractivity contribution >= 4 is 15.8 Å². The fraction of sp³-hybridized carbons (Fsp3) is 0.267. The lowest BCUT2D eigenvalue weighted by atomic mass is 10.1. The van der Waals surface area contributed by atoms with Gasteiger partial charge in [-0.05, 0) is 55.7 Å². The first kappa shape index (κ1) is 15.3. The number of aromatic nitrogens is 1. The quantitative estimate of drug-likeness (QED) is 0.943. The molecule has 6 heteroatoms. The van der Waals surface area contributed by atoms with Crippen molar-refractivity contribution in [2.24, 2.45) is 0 Å². The highest BCUT2D eigenvalue weighted by molar-refractivity contribution is 7.92. The molecule has 0 aliphatic rings. The number of rotatable bonds is 4. The van der Waals surface area contributed by atoms with Crippen LogP contribution in [0.2, 0.25) is 0 Å². The van der Waals surface area contributed by atoms with Crippen LogP contribution in [0.25, 0.3) is 0 Å². The fourth-order valence-electron chi connectivity index (χ4n) is 1.91. The van der Waals surface area contributed by atoms with Gasteiger partial charge in [0.25, 0.3) is 10.0 Å². The summed E-state index contributed by atoms with van der Waals surface area (Å²) in [4.78, 5) is 4.16. The molecule has 0 saturated carbocycles. The van der Waals surface area contributed by atoms with E-state index in [0.717, 1.165) is 16.7 Å². The number of nitrogens with zero attached hydrogens (tertiary/aromatic N) is 1. The minimum absolute atomic E-state index is 0.109. The van der Waals surface area contributed by atoms with E-state index in [-0.39, 0.29) is 4.90 Å². The Hall–Kier alpha value is -2.08. The number of nitrogens with one attached hydrogen (secondary N) is 1. The Morgan fingerprint density at radius 1 is 1.10 bits per heavy atom. The fourth-order valence-corrected chi connectivity index (χ4v) is 3.22. The van der Waals surface area contributed by atoms with E-state index in [4.69, 9.17) is 4.74 Å². The molecule has 0 atom stereocenters. The van der Waals surface area contributed by atoms with Gasteiger partial charge in [-0.3, -0.25) is 4.72 Å². The van der Waals surface area contributed by atoms with Crippen LogP contribution in [0.1, 0.15) is 16.7 Å². The van der Waals surface area contributed by atoms with Crippen LogP contribution < -0.4 is 9.46 Å². The van der Waals surface area contributed by atoms with Crippen LogP contribution in [0.15, 0.2) is 35.4 Å². The molecule has 0 saturated heterocycles. The molecule has 0 radical (unpaired) electrons. The average Bonchev–Trinajstić information content (AvgIpc) is 2.43. The molecule has 21 heavy (non-hydrogen) atoms. The van der Waals surface area contributed by atoms with Crippen molar-refractivity contribution in [3.8, 4) is 5.75 Å². The topological polar surface area (TPSA) is 68.3 Å². The van der Waals surface area contributed by atoms with E-state index in [1.54, 1.807) is 37.4 Å². The second-order valence-corrected chi connectivity index (χ2v) is 6.51. The van der Waals surface area contributed by atoms with Crippen LogP contribution in [0, 0.1) is 20.8 Å². The molecule has 1 heterocycles. The highest BCUT2D eigenvalue weighted by atomic mass is 32.2. The Bertz CT molecular complexity index is 770. The molecule has 2 rings (SSSR count). The number of methoxy groups -OCH3 is 1. The third-order valence-corrected chi connectivity index (χ3v) is 4.67. The minimum Gasteiger partial charge on any atom is -0.495 e. The van der Waals surface area contributed by atoms with Crippen LogP contribution in [0.4, 0.5) is 5.82 Å². The van der Waals surface area contributed by atoms with Gasteiger partial charge in [0.2, 0.25) is 0 Å². The molecule has 0 amide bonds. The van der Waals surface area contributed by atoms with Crippen LogP contribution >= 0.6 is 0 Å². The van der Waals surface area contributed by atoms with E-state index in [1.807, 2.05) is 13.8 Å². The maximum Gasteiger partial charge on any atom is 0.266 e. The van der Waals surface area contributed by atoms with Crippen LogP contribution in [0.3, 0.4) is 0 Å². The number of hydrogen-bond acceptors (Lipinski definition) is 4. The highest BCUT2D eigenvalue weighted by Gasteiger charge is 2.21. The van der Waals surface area contributed by atoms with Gasteiger partial charge < -0.3 is 4.74 Å². The minimum atomic E-state index is -3.76. The van der Waals surface area contributed by atoms with Gasteiger partial charge >= 0.3 is 0 Å². The van der Waals surface area contributed by atoms with E-state index in [0.29, 0.717) is 11.6 Å². The average molecular weight is 306 g/mol. The third kappa shape index (κ3) is 3.16. The SMILES string of the molecule is COc1cc(C)c(C)cc1S(=O)(=O)Nc1ncccc1C. The lowest BCUT2D eigenvalue weighted by Crippen LogP contribution is -2.16. The van der Waals surface area contributed by atoms with Crippen LogP contribution in [0.5, 0.6) is 5.75 Å². The first-order valence-electron chi connectivity index (χ1n) is 6.45. The number of aryl methyl sites for hydroxylation is 3. The zero-order valence-electron chi connectivity index (χ0n) is 12.5. The van der Waals surface area contributed by atoms with Gasteiger partial charge in [-0.1, -0.05) is 6.07 Å². The summed E-state index contributed by atoms with van der Waals surface area (Å²) in [6.07, 6.45) is 1.54. The number of sulfonamides is 1. The smallest absolute Gasteiger partial charge is 0.266 e. The van der Waals surface area contributed by atoms with Crippen molar-refractivity contribution in [1.29, 1.82) is 0 Å². The molecule has 1 N–H and O–H groups in total. The van der Waals surface area contributed by atoms with Crippen molar-refractivity contribution in [2.75, 3.05) is 11.8 Å². The van der Waals surface area contributed by atoms with E-state index in [9.17, 15) is 8.42 Å². The number of hydrogen-bond donors (Lipinski definition) is 1. The van der Waals surface area contributed by atoms with Crippen molar-refractivity contribution in [1.82, 2.24) is 4.98 Å². The summed E-state index contributed by atoms with van der Waals surface area (Å²) in [7, 11) is -2.30. The zero-order valence-corrected chi connectivity index (χ0v) is 13.3. The monoisotopic (exact) mass is 306 g/mol. The highest BCUT2D eigenvalue weighted by Crippen LogP contribution is 2.29. The Morgan fingerprint density at radius 2 is 1.76 bits per heavy atom. The summed E-state index contributed by atoms with van der Waals surface area (Å²) in [5.41, 5.74) is 2.61. The summed E-state index contributed by atoms with van der Waals surface area (Å²) in [6, 6.07) is 6.87. The third-order valence-electron chi connectivity index (χ3n) is 3.31. The summed E-state index contributed by atoms with van der Waals surface area (Å²) < 4.78 is 32.8. The Morgan fingerprint density at radius 3 is 2.38 bits per heavy atom. The molecule has 0 aliphatic heterocycles. The lowest BCUT2D eigenvalue weighted by molar-refractivity contribution is 0.402. The molecular formula is C15H18N2O3S. The van der Waals surface area contributed by atoms with Gasteiger partial charge in [0, 0.05) is 6.20 Å². The molecule has 0 bridgehead atoms. The molecule has 0 fully saturated rings. The second-order valence-electron chi connectivity index (χ2n) is 4.86. The largest absolute Gasteiger partial charge is 0.495 e. The maximum atomic E-state index is 12.6. The predicted molar refractivity (Wildman–Crippen MR) is 82.3 cm³/mol. The van der Waals surface area contributed by atoms with Gasteiger partial charge in [-0.15, -0.1) is 0 Å². The molecule has 0 aliphatic carbocycles. The van der Waals surface area contributed by atoms with Crippen molar-refractivity contribution < 1.29 is 13.2 Å². The molecule has 1 aromatic carbocycles. The summed E-state index contributed by atoms with van der Waals surface area (Å²) in [5, 5.41) is 0. The number of pyridine rings is 1. The van der Waals surface area contributed by atoms with Crippen molar-refractivity contribution in [3.05, 3.63) is 47.2 Å². The van der Waals surface area contributed by atoms with E-state index >= 15 is 0 Å². The summed E-state index contributed by atoms with van der Waals surface area (Å²) >= 11 is 0. The van der Waals surface area contributed by atoms with Crippen molar-refractivity contribution in [3.63, 3.8) is 0 Å². The first-order chi connectivity index (χ1) is 9.85. The number of anilines is 1. The van der Waals surface area contributed by atoms with Gasteiger partial charge in [-0.25, -0.2) is 13.4 Å². The molecule has 5 nitrogen and oxygen atoms in total. The van der Waals surface area contributed by atoms with Crippen LogP contribution in [-0.4, -0.2) is 20.5 Å². The molecule has 0 unspecified atom stereocenters.